The number of aliphatic hydroxyl groups excluding tert-OH is 1. The third kappa shape index (κ3) is 9.50. The number of esters is 1. The molecule has 2 aromatic carbocycles. The van der Waals surface area contributed by atoms with Crippen LogP contribution in [0.15, 0.2) is 72.8 Å². The number of nitrogens with zero attached hydrogens (tertiary/aromatic N) is 1. The fourth-order valence-electron chi connectivity index (χ4n) is 4.44. The van der Waals surface area contributed by atoms with Crippen LogP contribution in [0.2, 0.25) is 0 Å². The molecule has 0 bridgehead atoms. The monoisotopic (exact) mass is 506 g/mol. The minimum atomic E-state index is -0.556. The predicted molar refractivity (Wildman–Crippen MR) is 142 cm³/mol. The van der Waals surface area contributed by atoms with Gasteiger partial charge in [0.2, 0.25) is 11.8 Å². The number of ether oxygens (including phenoxy) is 1. The number of aliphatic hydroxyl groups is 1. The second-order valence-corrected chi connectivity index (χ2v) is 9.64. The summed E-state index contributed by atoms with van der Waals surface area (Å²) in [5.41, 5.74) is 2.05. The first-order chi connectivity index (χ1) is 18.0. The van der Waals surface area contributed by atoms with Gasteiger partial charge < -0.3 is 20.1 Å². The summed E-state index contributed by atoms with van der Waals surface area (Å²) >= 11 is 0. The summed E-state index contributed by atoms with van der Waals surface area (Å²) < 4.78 is 5.57. The molecule has 3 atom stereocenters. The number of amides is 2. The van der Waals surface area contributed by atoms with Crippen molar-refractivity contribution in [2.45, 2.75) is 51.6 Å². The number of carbonyl (C=O) groups is 3. The Labute approximate surface area is 219 Å². The number of rotatable bonds is 8. The largest absolute Gasteiger partial charge is 0.463 e. The van der Waals surface area contributed by atoms with E-state index < -0.39 is 5.92 Å². The number of hydrogen-bond acceptors (Lipinski definition) is 5. The molecule has 198 valence electrons. The number of cyclic esters (lactones) is 1. The summed E-state index contributed by atoms with van der Waals surface area (Å²) in [4.78, 5) is 40.7. The van der Waals surface area contributed by atoms with Gasteiger partial charge in [-0.25, -0.2) is 0 Å². The molecule has 1 heterocycles. The maximum atomic E-state index is 13.2. The van der Waals surface area contributed by atoms with Gasteiger partial charge in [-0.1, -0.05) is 72.8 Å². The molecule has 3 unspecified atom stereocenters. The molecule has 0 spiro atoms. The first kappa shape index (κ1) is 28.1. The third-order valence-electron chi connectivity index (χ3n) is 6.52. The molecule has 3 rings (SSSR count). The molecule has 7 nitrogen and oxygen atoms in total. The molecule has 0 fully saturated rings. The van der Waals surface area contributed by atoms with Gasteiger partial charge in [-0.15, -0.1) is 0 Å². The molecule has 2 amide bonds. The molecule has 37 heavy (non-hydrogen) atoms. The molecule has 1 aliphatic rings. The third-order valence-corrected chi connectivity index (χ3v) is 6.52. The van der Waals surface area contributed by atoms with Crippen LogP contribution < -0.4 is 5.32 Å². The van der Waals surface area contributed by atoms with Crippen molar-refractivity contribution in [3.63, 3.8) is 0 Å². The van der Waals surface area contributed by atoms with E-state index in [-0.39, 0.29) is 55.9 Å². The molecule has 0 aromatic heterocycles. The topological polar surface area (TPSA) is 95.9 Å². The Morgan fingerprint density at radius 1 is 1.00 bits per heavy atom. The molecule has 0 radical (unpaired) electrons. The molecular formula is C30H38N2O5. The highest BCUT2D eigenvalue weighted by Crippen LogP contribution is 2.19. The summed E-state index contributed by atoms with van der Waals surface area (Å²) in [6.45, 7) is 2.29. The Kier molecular flexibility index (Phi) is 11.4. The predicted octanol–water partition coefficient (Wildman–Crippen LogP) is 3.66. The Balaban J connectivity index is 1.67. The highest BCUT2D eigenvalue weighted by atomic mass is 16.5. The first-order valence-electron chi connectivity index (χ1n) is 13.0. The SMILES string of the molecule is CC1COC(=O)C(Cc2ccccc2)CCC=CCC(CC(=O)N(CCO)Cc2ccccc2)C(=O)N1. The van der Waals surface area contributed by atoms with Crippen LogP contribution in [0.3, 0.4) is 0 Å². The van der Waals surface area contributed by atoms with Gasteiger partial charge in [-0.2, -0.15) is 0 Å². The number of benzene rings is 2. The minimum absolute atomic E-state index is 0.0339. The molecule has 0 saturated heterocycles. The Morgan fingerprint density at radius 2 is 1.68 bits per heavy atom. The van der Waals surface area contributed by atoms with Crippen molar-refractivity contribution in [2.75, 3.05) is 19.8 Å². The number of allylic oxidation sites excluding steroid dienone is 2. The minimum Gasteiger partial charge on any atom is -0.463 e. The second-order valence-electron chi connectivity index (χ2n) is 9.64. The standard InChI is InChI=1S/C30H38N2O5/c1-23-22-37-30(36)27(19-24-11-5-2-6-12-24)16-10-4-9-15-26(29(35)31-23)20-28(34)32(17-18-33)21-25-13-7-3-8-14-25/h2-9,11-14,23,26-27,33H,10,15-22H2,1H3,(H,31,35). The molecule has 2 aromatic rings. The van der Waals surface area contributed by atoms with Crippen molar-refractivity contribution >= 4 is 17.8 Å². The highest BCUT2D eigenvalue weighted by Gasteiger charge is 2.27. The highest BCUT2D eigenvalue weighted by molar-refractivity contribution is 5.86. The zero-order chi connectivity index (χ0) is 26.5. The fraction of sp³-hybridized carbons (Fsp3) is 0.433. The van der Waals surface area contributed by atoms with Crippen LogP contribution >= 0.6 is 0 Å². The molecule has 0 aliphatic carbocycles. The maximum Gasteiger partial charge on any atom is 0.309 e. The average Bonchev–Trinajstić information content (AvgIpc) is 2.91. The lowest BCUT2D eigenvalue weighted by atomic mass is 9.94. The van der Waals surface area contributed by atoms with E-state index in [0.29, 0.717) is 32.2 Å². The second kappa shape index (κ2) is 15.0. The Hall–Kier alpha value is -3.45. The summed E-state index contributed by atoms with van der Waals surface area (Å²) in [5.74, 6) is -1.51. The maximum absolute atomic E-state index is 13.2. The number of nitrogens with one attached hydrogen (secondary N) is 1. The van der Waals surface area contributed by atoms with Gasteiger partial charge in [-0.05, 0) is 43.7 Å². The van der Waals surface area contributed by atoms with Gasteiger partial charge in [0, 0.05) is 19.5 Å². The van der Waals surface area contributed by atoms with Crippen LogP contribution in [0.5, 0.6) is 0 Å². The van der Waals surface area contributed by atoms with E-state index >= 15 is 0 Å². The Bertz CT molecular complexity index is 1020. The molecule has 7 heteroatoms. The molecule has 1 aliphatic heterocycles. The lowest BCUT2D eigenvalue weighted by Crippen LogP contribution is -2.42. The van der Waals surface area contributed by atoms with Crippen LogP contribution in [0.1, 0.15) is 43.7 Å². The Morgan fingerprint density at radius 3 is 2.35 bits per heavy atom. The summed E-state index contributed by atoms with van der Waals surface area (Å²) in [5, 5.41) is 12.4. The number of hydrogen-bond donors (Lipinski definition) is 2. The van der Waals surface area contributed by atoms with Crippen LogP contribution in [0.25, 0.3) is 0 Å². The van der Waals surface area contributed by atoms with Gasteiger partial charge in [0.05, 0.1) is 24.5 Å². The van der Waals surface area contributed by atoms with Gasteiger partial charge in [0.1, 0.15) is 6.61 Å². The van der Waals surface area contributed by atoms with Crippen molar-refractivity contribution in [1.82, 2.24) is 10.2 Å². The summed E-state index contributed by atoms with van der Waals surface area (Å²) in [6.07, 6.45) is 6.28. The van der Waals surface area contributed by atoms with Crippen molar-refractivity contribution in [3.05, 3.63) is 83.9 Å². The average molecular weight is 507 g/mol. The molecule has 0 saturated carbocycles. The normalized spacial score (nSPS) is 21.1. The van der Waals surface area contributed by atoms with E-state index in [2.05, 4.69) is 5.32 Å². The van der Waals surface area contributed by atoms with Crippen LogP contribution in [0, 0.1) is 11.8 Å². The van der Waals surface area contributed by atoms with Crippen LogP contribution in [-0.4, -0.2) is 53.6 Å². The van der Waals surface area contributed by atoms with Crippen molar-refractivity contribution < 1.29 is 24.2 Å². The van der Waals surface area contributed by atoms with E-state index in [0.717, 1.165) is 11.1 Å². The van der Waals surface area contributed by atoms with E-state index in [1.807, 2.05) is 72.8 Å². The van der Waals surface area contributed by atoms with Gasteiger partial charge >= 0.3 is 5.97 Å². The summed E-state index contributed by atoms with van der Waals surface area (Å²) in [7, 11) is 0. The van der Waals surface area contributed by atoms with E-state index in [1.54, 1.807) is 11.8 Å². The van der Waals surface area contributed by atoms with Crippen LogP contribution in [0.4, 0.5) is 0 Å². The van der Waals surface area contributed by atoms with E-state index in [4.69, 9.17) is 4.74 Å². The quantitative estimate of drug-likeness (QED) is 0.421. The fourth-order valence-corrected chi connectivity index (χ4v) is 4.44. The lowest BCUT2D eigenvalue weighted by molar-refractivity contribution is -0.150. The van der Waals surface area contributed by atoms with Gasteiger partial charge in [0.25, 0.3) is 0 Å². The smallest absolute Gasteiger partial charge is 0.309 e. The van der Waals surface area contributed by atoms with Crippen molar-refractivity contribution in [2.24, 2.45) is 11.8 Å². The van der Waals surface area contributed by atoms with Gasteiger partial charge in [0.15, 0.2) is 0 Å². The molecule has 2 N–H and O–H groups in total. The zero-order valence-corrected chi connectivity index (χ0v) is 21.6. The summed E-state index contributed by atoms with van der Waals surface area (Å²) in [6, 6.07) is 19.1. The first-order valence-corrected chi connectivity index (χ1v) is 13.0. The van der Waals surface area contributed by atoms with E-state index in [9.17, 15) is 19.5 Å². The van der Waals surface area contributed by atoms with Crippen molar-refractivity contribution in [3.8, 4) is 0 Å². The molecular weight excluding hydrogens is 468 g/mol. The van der Waals surface area contributed by atoms with Crippen molar-refractivity contribution in [1.29, 1.82) is 0 Å². The van der Waals surface area contributed by atoms with Crippen LogP contribution in [-0.2, 0) is 32.1 Å². The zero-order valence-electron chi connectivity index (χ0n) is 21.6. The number of carbonyl (C=O) groups excluding carboxylic acids is 3. The van der Waals surface area contributed by atoms with Gasteiger partial charge in [-0.3, -0.25) is 14.4 Å². The lowest BCUT2D eigenvalue weighted by Gasteiger charge is -2.25. The van der Waals surface area contributed by atoms with E-state index in [1.165, 1.54) is 0 Å².